The molecule has 1 aliphatic heterocycles. The topological polar surface area (TPSA) is 41.5 Å². The molecule has 1 aromatic rings. The van der Waals surface area contributed by atoms with Crippen molar-refractivity contribution in [3.63, 3.8) is 0 Å². The molecule has 2 atom stereocenters. The van der Waals surface area contributed by atoms with Gasteiger partial charge in [-0.3, -0.25) is 0 Å². The van der Waals surface area contributed by atoms with Crippen LogP contribution in [0.15, 0.2) is 12.1 Å². The van der Waals surface area contributed by atoms with Crippen LogP contribution in [0.1, 0.15) is 69.1 Å². The van der Waals surface area contributed by atoms with E-state index in [0.717, 1.165) is 29.9 Å². The van der Waals surface area contributed by atoms with Gasteiger partial charge in [0.1, 0.15) is 17.6 Å². The third kappa shape index (κ3) is 5.70. The van der Waals surface area contributed by atoms with Gasteiger partial charge in [-0.25, -0.2) is 0 Å². The summed E-state index contributed by atoms with van der Waals surface area (Å²) in [6, 6.07) is 4.18. The largest absolute Gasteiger partial charge is 0.616 e. The van der Waals surface area contributed by atoms with Crippen LogP contribution >= 0.6 is 0 Å². The van der Waals surface area contributed by atoms with Crippen molar-refractivity contribution in [2.45, 2.75) is 77.6 Å². The number of hydrogen-bond donors (Lipinski definition) is 0. The van der Waals surface area contributed by atoms with Crippen LogP contribution < -0.4 is 4.89 Å². The summed E-state index contributed by atoms with van der Waals surface area (Å²) in [5, 5.41) is 0.200. The Morgan fingerprint density at radius 1 is 1.17 bits per heavy atom. The maximum absolute atomic E-state index is 12.4. The summed E-state index contributed by atoms with van der Waals surface area (Å²) in [5.74, 6) is 1.66. The van der Waals surface area contributed by atoms with Crippen LogP contribution in [0, 0.1) is 6.92 Å². The second kappa shape index (κ2) is 9.55. The quantitative estimate of drug-likeness (QED) is 0.347. The van der Waals surface area contributed by atoms with Crippen molar-refractivity contribution in [2.75, 3.05) is 5.75 Å². The number of hydrogen-bond acceptors (Lipinski definition) is 3. The van der Waals surface area contributed by atoms with Gasteiger partial charge in [0, 0.05) is 12.0 Å². The molecule has 0 fully saturated rings. The molecule has 130 valence electrons. The number of unbranched alkanes of at least 4 members (excludes halogenated alkanes) is 5. The Balaban J connectivity index is 1.76. The molecule has 0 aliphatic carbocycles. The van der Waals surface area contributed by atoms with Crippen LogP contribution in [-0.4, -0.2) is 15.6 Å². The van der Waals surface area contributed by atoms with Crippen LogP contribution in [0.3, 0.4) is 0 Å². The van der Waals surface area contributed by atoms with Gasteiger partial charge in [-0.1, -0.05) is 43.8 Å². The van der Waals surface area contributed by atoms with Gasteiger partial charge in [0.2, 0.25) is 0 Å². The summed E-state index contributed by atoms with van der Waals surface area (Å²) in [7, 11) is 0. The van der Waals surface area contributed by atoms with Crippen molar-refractivity contribution < 1.29 is 14.3 Å². The Morgan fingerprint density at radius 3 is 2.70 bits per heavy atom. The second-order valence-corrected chi connectivity index (χ2v) is 8.57. The number of fused-ring (bicyclic) bond motifs is 1. The van der Waals surface area contributed by atoms with Crippen LogP contribution in [0.2, 0.25) is 0 Å². The first kappa shape index (κ1) is 18.6. The molecule has 0 saturated heterocycles. The zero-order chi connectivity index (χ0) is 16.7. The molecule has 0 N–H and O–H groups in total. The van der Waals surface area contributed by atoms with Gasteiger partial charge in [-0.05, 0) is 49.9 Å². The van der Waals surface area contributed by atoms with Crippen LogP contribution in [-0.2, 0) is 29.1 Å². The van der Waals surface area contributed by atoms with Gasteiger partial charge < -0.3 is 9.44 Å². The molecule has 4 heteroatoms. The van der Waals surface area contributed by atoms with Crippen molar-refractivity contribution in [1.82, 2.24) is 0 Å². The molecule has 0 amide bonds. The maximum atomic E-state index is 12.4. The molecule has 1 heterocycles. The van der Waals surface area contributed by atoms with Gasteiger partial charge in [-0.2, -0.15) is 4.89 Å². The summed E-state index contributed by atoms with van der Waals surface area (Å²) < 4.78 is 12.4. The molecule has 3 nitrogen and oxygen atoms in total. The molecule has 2 rings (SSSR count). The van der Waals surface area contributed by atoms with Crippen molar-refractivity contribution in [2.24, 2.45) is 0 Å². The zero-order valence-corrected chi connectivity index (χ0v) is 15.5. The molecule has 0 radical (unpaired) electrons. The Kier molecular flexibility index (Phi) is 7.74. The average molecular weight is 339 g/mol. The molecule has 0 saturated carbocycles. The molecule has 0 spiro atoms. The lowest BCUT2D eigenvalue weighted by Crippen LogP contribution is -2.23. The summed E-state index contributed by atoms with van der Waals surface area (Å²) in [6.45, 7) is 6.93. The van der Waals surface area contributed by atoms with E-state index in [4.69, 9.17) is 9.78 Å². The summed E-state index contributed by atoms with van der Waals surface area (Å²) >= 11 is -0.742. The van der Waals surface area contributed by atoms with Crippen molar-refractivity contribution in [3.05, 3.63) is 28.8 Å². The molecular weight excluding hydrogens is 308 g/mol. The Bertz CT molecular complexity index is 490. The minimum atomic E-state index is -0.742. The lowest BCUT2D eigenvalue weighted by molar-refractivity contribution is -0.194. The van der Waals surface area contributed by atoms with Gasteiger partial charge in [0.05, 0.1) is 0 Å². The monoisotopic (exact) mass is 338 g/mol. The van der Waals surface area contributed by atoms with Gasteiger partial charge >= 0.3 is 0 Å². The summed E-state index contributed by atoms with van der Waals surface area (Å²) in [6.07, 6.45) is 8.36. The zero-order valence-electron chi connectivity index (χ0n) is 14.7. The lowest BCUT2D eigenvalue weighted by Gasteiger charge is -2.19. The van der Waals surface area contributed by atoms with E-state index in [9.17, 15) is 4.55 Å². The first-order valence-corrected chi connectivity index (χ1v) is 10.3. The highest BCUT2D eigenvalue weighted by Crippen LogP contribution is 2.30. The fourth-order valence-electron chi connectivity index (χ4n) is 2.97. The Morgan fingerprint density at radius 2 is 1.91 bits per heavy atom. The first-order chi connectivity index (χ1) is 11.1. The van der Waals surface area contributed by atoms with E-state index in [0.29, 0.717) is 6.61 Å². The third-order valence-electron chi connectivity index (χ3n) is 4.54. The molecule has 0 bridgehead atoms. The maximum Gasteiger partial charge on any atom is 0.171 e. The van der Waals surface area contributed by atoms with Gasteiger partial charge in [0.15, 0.2) is 5.75 Å². The molecule has 1 aromatic carbocycles. The third-order valence-corrected chi connectivity index (χ3v) is 6.29. The number of benzene rings is 1. The predicted octanol–water partition coefficient (Wildman–Crippen LogP) is 4.86. The van der Waals surface area contributed by atoms with Crippen molar-refractivity contribution in [3.8, 4) is 5.75 Å². The minimum Gasteiger partial charge on any atom is -0.616 e. The minimum absolute atomic E-state index is 0.200. The van der Waals surface area contributed by atoms with Gasteiger partial charge in [0.25, 0.3) is 0 Å². The van der Waals surface area contributed by atoms with Gasteiger partial charge in [-0.15, -0.1) is 0 Å². The number of rotatable bonds is 10. The van der Waals surface area contributed by atoms with Crippen LogP contribution in [0.25, 0.3) is 0 Å². The van der Waals surface area contributed by atoms with Crippen molar-refractivity contribution in [1.29, 1.82) is 0 Å². The summed E-state index contributed by atoms with van der Waals surface area (Å²) in [4.78, 5) is 10.1. The Labute approximate surface area is 143 Å². The lowest BCUT2D eigenvalue weighted by atomic mass is 10.0. The smallest absolute Gasteiger partial charge is 0.171 e. The molecule has 2 unspecified atom stereocenters. The summed E-state index contributed by atoms with van der Waals surface area (Å²) in [5.41, 5.74) is 3.55. The van der Waals surface area contributed by atoms with E-state index in [1.807, 2.05) is 6.07 Å². The SMILES string of the molecule is CCCCCCCC[S+]([O-])C(C)Cc1cc2c(cc1C)OOC2. The highest BCUT2D eigenvalue weighted by molar-refractivity contribution is 7.91. The number of aryl methyl sites for hydroxylation is 1. The fourth-order valence-corrected chi connectivity index (χ4v) is 4.23. The van der Waals surface area contributed by atoms with Crippen LogP contribution in [0.5, 0.6) is 5.75 Å². The molecule has 1 aliphatic rings. The van der Waals surface area contributed by atoms with E-state index >= 15 is 0 Å². The average Bonchev–Trinajstić information content (AvgIpc) is 2.97. The highest BCUT2D eigenvalue weighted by atomic mass is 32.2. The van der Waals surface area contributed by atoms with E-state index in [1.165, 1.54) is 43.2 Å². The highest BCUT2D eigenvalue weighted by Gasteiger charge is 2.21. The molecule has 0 aromatic heterocycles. The van der Waals surface area contributed by atoms with E-state index in [1.54, 1.807) is 0 Å². The fraction of sp³-hybridized carbons (Fsp3) is 0.684. The first-order valence-electron chi connectivity index (χ1n) is 8.91. The van der Waals surface area contributed by atoms with Crippen molar-refractivity contribution >= 4 is 11.2 Å². The Hall–Kier alpha value is -0.710. The predicted molar refractivity (Wildman–Crippen MR) is 96.1 cm³/mol. The van der Waals surface area contributed by atoms with Crippen LogP contribution in [0.4, 0.5) is 0 Å². The standard InChI is InChI=1S/C19H30O3S/c1-4-5-6-7-8-9-10-23(20)16(3)12-17-13-18-14-21-22-19(18)11-15(17)2/h11,13,16H,4-10,12,14H2,1-3H3. The van der Waals surface area contributed by atoms with E-state index in [-0.39, 0.29) is 5.25 Å². The molecule has 23 heavy (non-hydrogen) atoms. The molecular formula is C19H30O3S. The second-order valence-electron chi connectivity index (χ2n) is 6.60. The van der Waals surface area contributed by atoms with E-state index in [2.05, 4.69) is 26.8 Å². The normalized spacial score (nSPS) is 16.0. The van der Waals surface area contributed by atoms with E-state index < -0.39 is 11.2 Å².